The Morgan fingerprint density at radius 3 is 2.63 bits per heavy atom. The molecular formula is C12H17F3N4. The number of alkyl halides is 3. The second-order valence-electron chi connectivity index (χ2n) is 4.54. The van der Waals surface area contributed by atoms with E-state index >= 15 is 0 Å². The first-order valence-electron chi connectivity index (χ1n) is 5.75. The third kappa shape index (κ3) is 3.92. The molecule has 0 aliphatic heterocycles. The van der Waals surface area contributed by atoms with E-state index in [4.69, 9.17) is 11.1 Å². The monoisotopic (exact) mass is 274 g/mol. The number of allylic oxidation sites excluding steroid dienone is 1. The average molecular weight is 274 g/mol. The highest BCUT2D eigenvalue weighted by atomic mass is 19.4. The Labute approximate surface area is 109 Å². The van der Waals surface area contributed by atoms with Crippen LogP contribution in [0.1, 0.15) is 31.5 Å². The van der Waals surface area contributed by atoms with E-state index in [1.807, 2.05) is 0 Å². The molecule has 1 unspecified atom stereocenters. The Morgan fingerprint density at radius 1 is 1.58 bits per heavy atom. The molecule has 4 nitrogen and oxygen atoms in total. The van der Waals surface area contributed by atoms with E-state index in [9.17, 15) is 13.2 Å². The summed E-state index contributed by atoms with van der Waals surface area (Å²) in [6, 6.07) is -0.0984. The third-order valence-corrected chi connectivity index (χ3v) is 2.56. The molecule has 19 heavy (non-hydrogen) atoms. The lowest BCUT2D eigenvalue weighted by atomic mass is 10.0. The van der Waals surface area contributed by atoms with Crippen molar-refractivity contribution in [2.24, 2.45) is 12.8 Å². The zero-order chi connectivity index (χ0) is 14.8. The van der Waals surface area contributed by atoms with Crippen molar-refractivity contribution in [3.63, 3.8) is 0 Å². The van der Waals surface area contributed by atoms with Crippen LogP contribution in [0.2, 0.25) is 0 Å². The van der Waals surface area contributed by atoms with Gasteiger partial charge in [0.25, 0.3) is 0 Å². The maximum Gasteiger partial charge on any atom is 0.435 e. The molecule has 1 atom stereocenters. The van der Waals surface area contributed by atoms with E-state index in [0.717, 1.165) is 4.68 Å². The summed E-state index contributed by atoms with van der Waals surface area (Å²) in [5, 5.41) is 11.2. The van der Waals surface area contributed by atoms with Crippen molar-refractivity contribution in [3.05, 3.63) is 29.1 Å². The summed E-state index contributed by atoms with van der Waals surface area (Å²) in [6.07, 6.45) is -1.19. The zero-order valence-corrected chi connectivity index (χ0v) is 11.0. The van der Waals surface area contributed by atoms with Gasteiger partial charge in [-0.2, -0.15) is 18.3 Å². The largest absolute Gasteiger partial charge is 0.435 e. The van der Waals surface area contributed by atoms with E-state index in [1.54, 1.807) is 19.9 Å². The van der Waals surface area contributed by atoms with Crippen LogP contribution < -0.4 is 5.73 Å². The van der Waals surface area contributed by atoms with Crippen LogP contribution in [0.15, 0.2) is 17.8 Å². The Morgan fingerprint density at radius 2 is 2.16 bits per heavy atom. The van der Waals surface area contributed by atoms with Gasteiger partial charge in [-0.25, -0.2) is 0 Å². The fraction of sp³-hybridized carbons (Fsp3) is 0.500. The molecule has 0 aliphatic rings. The lowest BCUT2D eigenvalue weighted by molar-refractivity contribution is -0.141. The van der Waals surface area contributed by atoms with Crippen LogP contribution >= 0.6 is 0 Å². The molecule has 0 spiro atoms. The molecule has 1 rings (SSSR count). The molecule has 0 aliphatic carbocycles. The first-order valence-corrected chi connectivity index (χ1v) is 5.75. The maximum atomic E-state index is 12.8. The highest BCUT2D eigenvalue weighted by molar-refractivity contribution is 6.10. The molecule has 0 aromatic carbocycles. The van der Waals surface area contributed by atoms with Crippen LogP contribution in [-0.4, -0.2) is 21.5 Å². The predicted octanol–water partition coefficient (Wildman–Crippen LogP) is 2.49. The van der Waals surface area contributed by atoms with Crippen molar-refractivity contribution in [3.8, 4) is 0 Å². The molecular weight excluding hydrogens is 257 g/mol. The molecule has 0 bridgehead atoms. The van der Waals surface area contributed by atoms with Gasteiger partial charge in [0, 0.05) is 19.3 Å². The van der Waals surface area contributed by atoms with Crippen molar-refractivity contribution in [2.45, 2.75) is 32.5 Å². The molecule has 3 N–H and O–H groups in total. The molecule has 1 aromatic rings. The zero-order valence-electron chi connectivity index (χ0n) is 11.0. The van der Waals surface area contributed by atoms with Gasteiger partial charge < -0.3 is 5.73 Å². The van der Waals surface area contributed by atoms with E-state index in [1.165, 1.54) is 13.2 Å². The fourth-order valence-corrected chi connectivity index (χ4v) is 1.56. The summed E-state index contributed by atoms with van der Waals surface area (Å²) in [6.45, 7) is 3.39. The van der Waals surface area contributed by atoms with Gasteiger partial charge in [0.2, 0.25) is 0 Å². The van der Waals surface area contributed by atoms with Crippen LogP contribution in [0.3, 0.4) is 0 Å². The number of nitrogens with one attached hydrogen (secondary N) is 1. The molecule has 0 radical (unpaired) electrons. The van der Waals surface area contributed by atoms with E-state index in [2.05, 4.69) is 5.10 Å². The Bertz CT molecular complexity index is 498. The molecule has 0 saturated heterocycles. The van der Waals surface area contributed by atoms with Crippen LogP contribution in [0.25, 0.3) is 0 Å². The molecule has 0 amide bonds. The molecule has 0 saturated carbocycles. The quantitative estimate of drug-likeness (QED) is 0.828. The molecule has 0 fully saturated rings. The van der Waals surface area contributed by atoms with Crippen LogP contribution in [-0.2, 0) is 13.2 Å². The second-order valence-corrected chi connectivity index (χ2v) is 4.54. The van der Waals surface area contributed by atoms with Gasteiger partial charge >= 0.3 is 6.18 Å². The average Bonchev–Trinajstić information content (AvgIpc) is 2.66. The number of nitrogens with zero attached hydrogens (tertiary/aromatic N) is 2. The lowest BCUT2D eigenvalue weighted by Gasteiger charge is -2.08. The van der Waals surface area contributed by atoms with Gasteiger partial charge in [-0.05, 0) is 25.8 Å². The normalized spacial score (nSPS) is 14.6. The highest BCUT2D eigenvalue weighted by Crippen LogP contribution is 2.31. The molecule has 106 valence electrons. The Hall–Kier alpha value is -1.63. The van der Waals surface area contributed by atoms with Gasteiger partial charge in [-0.3, -0.25) is 10.1 Å². The van der Waals surface area contributed by atoms with Crippen molar-refractivity contribution in [1.82, 2.24) is 9.78 Å². The second kappa shape index (κ2) is 5.56. The van der Waals surface area contributed by atoms with Crippen LogP contribution in [0, 0.1) is 5.41 Å². The minimum absolute atomic E-state index is 0.0984. The molecule has 7 heteroatoms. The highest BCUT2D eigenvalue weighted by Gasteiger charge is 2.38. The number of hydrogen-bond donors (Lipinski definition) is 2. The summed E-state index contributed by atoms with van der Waals surface area (Å²) in [7, 11) is 1.40. The summed E-state index contributed by atoms with van der Waals surface area (Å²) in [4.78, 5) is 0. The van der Waals surface area contributed by atoms with E-state index in [-0.39, 0.29) is 17.3 Å². The van der Waals surface area contributed by atoms with Gasteiger partial charge in [0.1, 0.15) is 0 Å². The molecule has 1 heterocycles. The minimum Gasteiger partial charge on any atom is -0.328 e. The molecule has 1 aromatic heterocycles. The number of aryl methyl sites for hydroxylation is 1. The number of rotatable bonds is 4. The summed E-state index contributed by atoms with van der Waals surface area (Å²) < 4.78 is 39.4. The first-order chi connectivity index (χ1) is 8.62. The predicted molar refractivity (Wildman–Crippen MR) is 67.1 cm³/mol. The van der Waals surface area contributed by atoms with Gasteiger partial charge in [0.15, 0.2) is 5.69 Å². The standard InChI is InChI=1S/C12H17F3N4/c1-7(4-5-8(2)16)10(17)9-6-19(3)18-11(9)12(13,14)15/h4,6,8,17H,5,16H2,1-3H3/b7-4-,17-10?. The Balaban J connectivity index is 3.10. The van der Waals surface area contributed by atoms with Crippen LogP contribution in [0.4, 0.5) is 13.2 Å². The number of hydrogen-bond acceptors (Lipinski definition) is 3. The maximum absolute atomic E-state index is 12.8. The number of halogens is 3. The van der Waals surface area contributed by atoms with Crippen molar-refractivity contribution < 1.29 is 13.2 Å². The minimum atomic E-state index is -4.57. The van der Waals surface area contributed by atoms with Crippen LogP contribution in [0.5, 0.6) is 0 Å². The summed E-state index contributed by atoms with van der Waals surface area (Å²) >= 11 is 0. The lowest BCUT2D eigenvalue weighted by Crippen LogP contribution is -2.15. The number of aromatic nitrogens is 2. The smallest absolute Gasteiger partial charge is 0.328 e. The summed E-state index contributed by atoms with van der Waals surface area (Å²) in [5.74, 6) is 0. The Kier molecular flexibility index (Phi) is 4.52. The van der Waals surface area contributed by atoms with Crippen molar-refractivity contribution >= 4 is 5.71 Å². The topological polar surface area (TPSA) is 67.7 Å². The third-order valence-electron chi connectivity index (χ3n) is 2.56. The van der Waals surface area contributed by atoms with Crippen molar-refractivity contribution in [1.29, 1.82) is 5.41 Å². The van der Waals surface area contributed by atoms with E-state index < -0.39 is 11.9 Å². The van der Waals surface area contributed by atoms with Gasteiger partial charge in [0.05, 0.1) is 11.3 Å². The first kappa shape index (κ1) is 15.4. The van der Waals surface area contributed by atoms with Gasteiger partial charge in [-0.15, -0.1) is 0 Å². The summed E-state index contributed by atoms with van der Waals surface area (Å²) in [5.41, 5.74) is 4.60. The van der Waals surface area contributed by atoms with Gasteiger partial charge in [-0.1, -0.05) is 6.08 Å². The SMILES string of the molecule is C/C(=C/CC(C)N)C(=N)c1cn(C)nc1C(F)(F)F. The fourth-order valence-electron chi connectivity index (χ4n) is 1.56. The van der Waals surface area contributed by atoms with Crippen molar-refractivity contribution in [2.75, 3.05) is 0 Å². The van der Waals surface area contributed by atoms with E-state index in [0.29, 0.717) is 12.0 Å². The number of nitrogens with two attached hydrogens (primary N) is 1.